The van der Waals surface area contributed by atoms with Gasteiger partial charge < -0.3 is 52.7 Å². The maximum absolute atomic E-state index is 10.6. The molecule has 10 unspecified atom stereocenters. The summed E-state index contributed by atoms with van der Waals surface area (Å²) in [5, 5.41) is 31.4. The number of quaternary nitrogens is 2. The highest BCUT2D eigenvalue weighted by atomic mass is 16.5. The van der Waals surface area contributed by atoms with Crippen molar-refractivity contribution in [3.63, 3.8) is 0 Å². The quantitative estimate of drug-likeness (QED) is 0.203. The van der Waals surface area contributed by atoms with Crippen LogP contribution < -0.4 is 11.5 Å². The van der Waals surface area contributed by atoms with Crippen molar-refractivity contribution in [2.45, 2.75) is 88.3 Å². The van der Waals surface area contributed by atoms with Crippen LogP contribution >= 0.6 is 0 Å². The van der Waals surface area contributed by atoms with Gasteiger partial charge >= 0.3 is 0 Å². The van der Waals surface area contributed by atoms with Crippen LogP contribution in [0.3, 0.4) is 0 Å². The van der Waals surface area contributed by atoms with Gasteiger partial charge in [-0.3, -0.25) is 0 Å². The summed E-state index contributed by atoms with van der Waals surface area (Å²) in [6.07, 6.45) is 16.1. The van der Waals surface area contributed by atoms with Crippen LogP contribution in [0.2, 0.25) is 0 Å². The number of ether oxygens (including phenoxy) is 2. The van der Waals surface area contributed by atoms with E-state index in [0.717, 1.165) is 70.9 Å². The second-order valence-electron chi connectivity index (χ2n) is 11.3. The van der Waals surface area contributed by atoms with Gasteiger partial charge in [0.2, 0.25) is 0 Å². The van der Waals surface area contributed by atoms with Crippen molar-refractivity contribution in [1.29, 1.82) is 0 Å². The Hall–Kier alpha value is -0.920. The van der Waals surface area contributed by atoms with Gasteiger partial charge in [-0.2, -0.15) is 0 Å². The molecule has 226 valence electrons. The normalized spacial score (nSPS) is 39.8. The Kier molecular flexibility index (Phi) is 18.0. The number of allylic oxidation sites excluding steroid dienone is 4. The van der Waals surface area contributed by atoms with Gasteiger partial charge in [-0.25, -0.2) is 0 Å². The molecule has 10 heteroatoms. The fourth-order valence-electron chi connectivity index (χ4n) is 7.20. The predicted octanol–water partition coefficient (Wildman–Crippen LogP) is -1.53. The largest absolute Gasteiger partial charge is 0.412 e. The first kappa shape index (κ1) is 37.1. The molecule has 15 N–H and O–H groups in total. The molecular formula is C28H58N2O8+2. The molecule has 0 amide bonds. The lowest BCUT2D eigenvalue weighted by atomic mass is 9.72. The SMILES string of the molecule is COC1C(O)CCC(/C=C/C2CC(O)CC(/C=C/C3CCC(O)C(OC)C3CC[NH3+])C2)C1CC[NH3+].O.O.O. The molecule has 38 heavy (non-hydrogen) atoms. The van der Waals surface area contributed by atoms with E-state index in [2.05, 4.69) is 35.8 Å². The van der Waals surface area contributed by atoms with Crippen molar-refractivity contribution >= 4 is 0 Å². The Bertz CT molecular complexity index is 627. The van der Waals surface area contributed by atoms with Crippen molar-refractivity contribution in [2.75, 3.05) is 27.3 Å². The van der Waals surface area contributed by atoms with Crippen LogP contribution in [-0.2, 0) is 9.47 Å². The molecule has 0 aliphatic heterocycles. The summed E-state index contributed by atoms with van der Waals surface area (Å²) >= 11 is 0. The molecule has 0 heterocycles. The third-order valence-corrected chi connectivity index (χ3v) is 8.93. The third kappa shape index (κ3) is 9.62. The van der Waals surface area contributed by atoms with Crippen LogP contribution in [0.1, 0.15) is 57.8 Å². The minimum Gasteiger partial charge on any atom is -0.412 e. The molecule has 3 aliphatic carbocycles. The van der Waals surface area contributed by atoms with Crippen LogP contribution in [0.15, 0.2) is 24.3 Å². The smallest absolute Gasteiger partial charge is 0.0865 e. The van der Waals surface area contributed by atoms with Crippen LogP contribution in [0.5, 0.6) is 0 Å². The highest BCUT2D eigenvalue weighted by Crippen LogP contribution is 2.39. The topological polar surface area (TPSA) is 229 Å². The van der Waals surface area contributed by atoms with E-state index in [0.29, 0.717) is 35.5 Å². The molecule has 3 fully saturated rings. The maximum atomic E-state index is 10.6. The molecular weight excluding hydrogens is 492 g/mol. The molecule has 3 rings (SSSR count). The maximum Gasteiger partial charge on any atom is 0.0865 e. The highest BCUT2D eigenvalue weighted by Gasteiger charge is 2.39. The lowest BCUT2D eigenvalue weighted by molar-refractivity contribution is -0.372. The summed E-state index contributed by atoms with van der Waals surface area (Å²) in [4.78, 5) is 0. The standard InChI is InChI=1S/C28H50N2O5.3H2O/c1-34-27-23(11-13-29)20(7-9-25(27)32)5-3-18-15-19(17-22(31)16-18)4-6-21-8-10-26(33)28(35-2)24(21)12-14-30;;;/h3-6,18-28,31-33H,7-17,29-30H2,1-2H3;3*1H2/p+2/b5-3+,6-4+;;;. The van der Waals surface area contributed by atoms with Crippen LogP contribution in [0.4, 0.5) is 0 Å². The molecule has 0 aromatic carbocycles. The minimum atomic E-state index is -0.391. The molecule has 0 spiro atoms. The first-order valence-electron chi connectivity index (χ1n) is 14.0. The zero-order chi connectivity index (χ0) is 25.4. The number of methoxy groups -OCH3 is 2. The molecule has 10 nitrogen and oxygen atoms in total. The molecule has 0 saturated heterocycles. The number of aliphatic hydroxyl groups is 3. The van der Waals surface area contributed by atoms with Gasteiger partial charge in [0, 0.05) is 27.1 Å². The number of rotatable bonds is 10. The monoisotopic (exact) mass is 550 g/mol. The molecule has 0 bridgehead atoms. The fraction of sp³-hybridized carbons (Fsp3) is 0.857. The molecule has 0 radical (unpaired) electrons. The van der Waals surface area contributed by atoms with Crippen LogP contribution in [0.25, 0.3) is 0 Å². The van der Waals surface area contributed by atoms with Crippen LogP contribution in [0, 0.1) is 35.5 Å². The van der Waals surface area contributed by atoms with Gasteiger partial charge in [-0.05, 0) is 80.5 Å². The average molecular weight is 551 g/mol. The van der Waals surface area contributed by atoms with Crippen molar-refractivity contribution in [2.24, 2.45) is 35.5 Å². The van der Waals surface area contributed by atoms with E-state index >= 15 is 0 Å². The van der Waals surface area contributed by atoms with E-state index in [9.17, 15) is 15.3 Å². The fourth-order valence-corrected chi connectivity index (χ4v) is 7.20. The van der Waals surface area contributed by atoms with Crippen molar-refractivity contribution in [3.8, 4) is 0 Å². The second kappa shape index (κ2) is 18.4. The first-order chi connectivity index (χ1) is 16.9. The summed E-state index contributed by atoms with van der Waals surface area (Å²) < 4.78 is 11.3. The van der Waals surface area contributed by atoms with Gasteiger partial charge in [0.15, 0.2) is 0 Å². The van der Waals surface area contributed by atoms with Crippen molar-refractivity contribution < 1.29 is 52.7 Å². The van der Waals surface area contributed by atoms with Gasteiger partial charge in [0.1, 0.15) is 0 Å². The molecule has 3 saturated carbocycles. The molecule has 10 atom stereocenters. The zero-order valence-electron chi connectivity index (χ0n) is 23.5. The number of aliphatic hydroxyl groups excluding tert-OH is 3. The van der Waals surface area contributed by atoms with Crippen molar-refractivity contribution in [3.05, 3.63) is 24.3 Å². The van der Waals surface area contributed by atoms with Gasteiger partial charge in [0.05, 0.1) is 43.6 Å². The van der Waals surface area contributed by atoms with E-state index in [4.69, 9.17) is 9.47 Å². The Balaban J connectivity index is 0.00000456. The molecule has 0 aromatic rings. The van der Waals surface area contributed by atoms with Crippen LogP contribution in [-0.4, -0.2) is 89.6 Å². The first-order valence-corrected chi connectivity index (χ1v) is 14.0. The van der Waals surface area contributed by atoms with E-state index in [-0.39, 0.29) is 34.7 Å². The number of hydrogen-bond acceptors (Lipinski definition) is 5. The van der Waals surface area contributed by atoms with E-state index in [1.807, 2.05) is 0 Å². The highest BCUT2D eigenvalue weighted by molar-refractivity contribution is 5.06. The van der Waals surface area contributed by atoms with E-state index < -0.39 is 12.2 Å². The summed E-state index contributed by atoms with van der Waals surface area (Å²) in [6.45, 7) is 1.68. The number of hydrogen-bond donors (Lipinski definition) is 5. The minimum absolute atomic E-state index is 0. The summed E-state index contributed by atoms with van der Waals surface area (Å²) in [7, 11) is 3.40. The van der Waals surface area contributed by atoms with Gasteiger partial charge in [0.25, 0.3) is 0 Å². The lowest BCUT2D eigenvalue weighted by Gasteiger charge is -2.39. The van der Waals surface area contributed by atoms with E-state index in [1.54, 1.807) is 14.2 Å². The summed E-state index contributed by atoms with van der Waals surface area (Å²) in [5.74, 6) is 2.08. The molecule has 0 aromatic heterocycles. The van der Waals surface area contributed by atoms with Crippen molar-refractivity contribution in [1.82, 2.24) is 0 Å². The Morgan fingerprint density at radius 2 is 1.03 bits per heavy atom. The summed E-state index contributed by atoms with van der Waals surface area (Å²) in [5.41, 5.74) is 8.08. The van der Waals surface area contributed by atoms with Gasteiger partial charge in [-0.15, -0.1) is 0 Å². The Morgan fingerprint density at radius 1 is 0.632 bits per heavy atom. The lowest BCUT2D eigenvalue weighted by Crippen LogP contribution is -2.53. The predicted molar refractivity (Wildman–Crippen MR) is 147 cm³/mol. The second-order valence-corrected chi connectivity index (χ2v) is 11.3. The van der Waals surface area contributed by atoms with Gasteiger partial charge in [-0.1, -0.05) is 24.3 Å². The average Bonchev–Trinajstić information content (AvgIpc) is 2.83. The Labute approximate surface area is 228 Å². The summed E-state index contributed by atoms with van der Waals surface area (Å²) in [6, 6.07) is 0. The third-order valence-electron chi connectivity index (χ3n) is 8.93. The zero-order valence-corrected chi connectivity index (χ0v) is 23.5. The Morgan fingerprint density at radius 3 is 1.37 bits per heavy atom. The molecule has 3 aliphatic rings. The van der Waals surface area contributed by atoms with E-state index in [1.165, 1.54) is 0 Å².